The zero-order chi connectivity index (χ0) is 10.3. The monoisotopic (exact) mass is 215 g/mol. The van der Waals surface area contributed by atoms with Crippen molar-refractivity contribution in [3.05, 3.63) is 45.9 Å². The van der Waals surface area contributed by atoms with E-state index in [9.17, 15) is 0 Å². The van der Waals surface area contributed by atoms with Crippen molar-refractivity contribution in [1.29, 1.82) is 0 Å². The third-order valence-electron chi connectivity index (χ3n) is 2.46. The van der Waals surface area contributed by atoms with Crippen molar-refractivity contribution in [2.45, 2.75) is 6.54 Å². The van der Waals surface area contributed by atoms with Crippen LogP contribution in [0.4, 0.5) is 5.69 Å². The molecule has 2 N–H and O–H groups in total. The largest absolute Gasteiger partial charge is 0.399 e. The van der Waals surface area contributed by atoms with Gasteiger partial charge in [-0.15, -0.1) is 11.3 Å². The molecule has 3 rings (SSSR count). The summed E-state index contributed by atoms with van der Waals surface area (Å²) in [4.78, 5) is 9.70. The highest BCUT2D eigenvalue weighted by Crippen LogP contribution is 2.26. The molecule has 74 valence electrons. The van der Waals surface area contributed by atoms with Crippen molar-refractivity contribution in [2.24, 2.45) is 4.99 Å². The molecule has 0 atom stereocenters. The lowest BCUT2D eigenvalue weighted by Gasteiger charge is -2.01. The van der Waals surface area contributed by atoms with Crippen LogP contribution in [0, 0.1) is 0 Å². The number of hydrogen-bond donors (Lipinski definition) is 1. The van der Waals surface area contributed by atoms with Gasteiger partial charge >= 0.3 is 0 Å². The summed E-state index contributed by atoms with van der Waals surface area (Å²) in [5.41, 5.74) is 11.8. The predicted octanol–water partition coefficient (Wildman–Crippen LogP) is 2.08. The van der Waals surface area contributed by atoms with E-state index in [1.54, 1.807) is 11.3 Å². The number of aliphatic imine (C=N–C) groups is 1. The van der Waals surface area contributed by atoms with Crippen molar-refractivity contribution < 1.29 is 0 Å². The normalized spacial score (nSPS) is 13.7. The van der Waals surface area contributed by atoms with Crippen molar-refractivity contribution in [2.75, 3.05) is 5.73 Å². The Hall–Kier alpha value is -1.68. The zero-order valence-electron chi connectivity index (χ0n) is 7.97. The van der Waals surface area contributed by atoms with E-state index in [4.69, 9.17) is 5.73 Å². The Morgan fingerprint density at radius 3 is 3.07 bits per heavy atom. The van der Waals surface area contributed by atoms with Crippen molar-refractivity contribution >= 4 is 22.7 Å². The number of aromatic nitrogens is 1. The molecule has 0 radical (unpaired) electrons. The highest BCUT2D eigenvalue weighted by Gasteiger charge is 2.18. The molecule has 0 amide bonds. The Kier molecular flexibility index (Phi) is 1.82. The first-order valence-corrected chi connectivity index (χ1v) is 5.54. The Balaban J connectivity index is 2.14. The van der Waals surface area contributed by atoms with Crippen molar-refractivity contribution in [1.82, 2.24) is 4.98 Å². The number of nitrogen functional groups attached to an aromatic ring is 1. The van der Waals surface area contributed by atoms with Crippen LogP contribution in [0.15, 0.2) is 34.9 Å². The summed E-state index contributed by atoms with van der Waals surface area (Å²) in [7, 11) is 0. The minimum Gasteiger partial charge on any atom is -0.399 e. The van der Waals surface area contributed by atoms with Gasteiger partial charge in [0.05, 0.1) is 22.6 Å². The average molecular weight is 215 g/mol. The van der Waals surface area contributed by atoms with Crippen LogP contribution < -0.4 is 5.73 Å². The van der Waals surface area contributed by atoms with E-state index >= 15 is 0 Å². The molecular formula is C11H9N3S. The van der Waals surface area contributed by atoms with Gasteiger partial charge in [0, 0.05) is 17.4 Å². The molecule has 0 saturated carbocycles. The lowest BCUT2D eigenvalue weighted by molar-refractivity contribution is 1.11. The third-order valence-corrected chi connectivity index (χ3v) is 3.24. The molecule has 1 aromatic heterocycles. The van der Waals surface area contributed by atoms with Crippen LogP contribution in [0.25, 0.3) is 0 Å². The predicted molar refractivity (Wildman–Crippen MR) is 62.3 cm³/mol. The number of rotatable bonds is 1. The SMILES string of the molecule is Nc1ccc2c(c1)C(c1cncs1)=NC2. The van der Waals surface area contributed by atoms with Gasteiger partial charge in [-0.05, 0) is 17.7 Å². The van der Waals surface area contributed by atoms with E-state index < -0.39 is 0 Å². The van der Waals surface area contributed by atoms with E-state index in [2.05, 4.69) is 9.98 Å². The summed E-state index contributed by atoms with van der Waals surface area (Å²) in [6.45, 7) is 0.753. The fourth-order valence-corrected chi connectivity index (χ4v) is 2.39. The van der Waals surface area contributed by atoms with Gasteiger partial charge in [-0.1, -0.05) is 6.07 Å². The molecule has 4 heteroatoms. The summed E-state index contributed by atoms with van der Waals surface area (Å²) in [6.07, 6.45) is 1.85. The molecular weight excluding hydrogens is 206 g/mol. The second-order valence-electron chi connectivity index (χ2n) is 3.45. The minimum absolute atomic E-state index is 0.753. The lowest BCUT2D eigenvalue weighted by Crippen LogP contribution is -1.99. The van der Waals surface area contributed by atoms with Crippen LogP contribution in [-0.2, 0) is 6.54 Å². The fourth-order valence-electron chi connectivity index (χ4n) is 1.75. The maximum absolute atomic E-state index is 5.78. The van der Waals surface area contributed by atoms with Crippen molar-refractivity contribution in [3.63, 3.8) is 0 Å². The summed E-state index contributed by atoms with van der Waals surface area (Å²) in [5.74, 6) is 0. The van der Waals surface area contributed by atoms with Crippen LogP contribution in [0.5, 0.6) is 0 Å². The second-order valence-corrected chi connectivity index (χ2v) is 4.33. The first kappa shape index (κ1) is 8.61. The molecule has 0 unspecified atom stereocenters. The van der Waals surface area contributed by atoms with Crippen LogP contribution in [0.2, 0.25) is 0 Å². The number of fused-ring (bicyclic) bond motifs is 1. The van der Waals surface area contributed by atoms with Gasteiger partial charge in [0.25, 0.3) is 0 Å². The van der Waals surface area contributed by atoms with Crippen LogP contribution >= 0.6 is 11.3 Å². The van der Waals surface area contributed by atoms with E-state index in [0.29, 0.717) is 0 Å². The fraction of sp³-hybridized carbons (Fsp3) is 0.0909. The van der Waals surface area contributed by atoms with E-state index in [1.165, 1.54) is 5.56 Å². The maximum Gasteiger partial charge on any atom is 0.0843 e. The molecule has 0 bridgehead atoms. The van der Waals surface area contributed by atoms with Gasteiger partial charge in [0.1, 0.15) is 0 Å². The van der Waals surface area contributed by atoms with Gasteiger partial charge in [0.15, 0.2) is 0 Å². The van der Waals surface area contributed by atoms with E-state index in [1.807, 2.05) is 29.9 Å². The lowest BCUT2D eigenvalue weighted by atomic mass is 10.0. The first-order chi connectivity index (χ1) is 7.34. The number of thiazole rings is 1. The summed E-state index contributed by atoms with van der Waals surface area (Å²) >= 11 is 1.61. The standard InChI is InChI=1S/C11H9N3S/c12-8-2-1-7-4-14-11(9(7)3-8)10-5-13-6-15-10/h1-3,5-6H,4,12H2. The highest BCUT2D eigenvalue weighted by molar-refractivity contribution is 7.12. The Morgan fingerprint density at radius 2 is 2.27 bits per heavy atom. The summed E-state index contributed by atoms with van der Waals surface area (Å²) < 4.78 is 0. The number of nitrogens with zero attached hydrogens (tertiary/aromatic N) is 2. The van der Waals surface area contributed by atoms with Gasteiger partial charge in [-0.3, -0.25) is 9.98 Å². The Morgan fingerprint density at radius 1 is 1.33 bits per heavy atom. The number of hydrogen-bond acceptors (Lipinski definition) is 4. The molecule has 0 spiro atoms. The van der Waals surface area contributed by atoms with E-state index in [-0.39, 0.29) is 0 Å². The summed E-state index contributed by atoms with van der Waals surface area (Å²) in [6, 6.07) is 5.95. The highest BCUT2D eigenvalue weighted by atomic mass is 32.1. The molecule has 0 aliphatic carbocycles. The molecule has 0 fully saturated rings. The minimum atomic E-state index is 0.753. The third kappa shape index (κ3) is 1.34. The maximum atomic E-state index is 5.78. The molecule has 3 nitrogen and oxygen atoms in total. The zero-order valence-corrected chi connectivity index (χ0v) is 8.79. The Bertz CT molecular complexity index is 529. The summed E-state index contributed by atoms with van der Waals surface area (Å²) in [5, 5.41) is 0. The molecule has 0 saturated heterocycles. The topological polar surface area (TPSA) is 51.3 Å². The first-order valence-electron chi connectivity index (χ1n) is 4.66. The van der Waals surface area contributed by atoms with Gasteiger partial charge < -0.3 is 5.73 Å². The van der Waals surface area contributed by atoms with Gasteiger partial charge in [-0.25, -0.2) is 0 Å². The molecule has 1 aliphatic heterocycles. The number of nitrogens with two attached hydrogens (primary N) is 1. The average Bonchev–Trinajstić information content (AvgIpc) is 2.83. The second kappa shape index (κ2) is 3.17. The smallest absolute Gasteiger partial charge is 0.0843 e. The molecule has 1 aliphatic rings. The van der Waals surface area contributed by atoms with Gasteiger partial charge in [-0.2, -0.15) is 0 Å². The Labute approximate surface area is 91.3 Å². The van der Waals surface area contributed by atoms with Gasteiger partial charge in [0.2, 0.25) is 0 Å². The molecule has 2 aromatic rings. The van der Waals surface area contributed by atoms with E-state index in [0.717, 1.165) is 28.4 Å². The van der Waals surface area contributed by atoms with Crippen LogP contribution in [-0.4, -0.2) is 10.7 Å². The number of benzene rings is 1. The van der Waals surface area contributed by atoms with Crippen LogP contribution in [0.3, 0.4) is 0 Å². The molecule has 1 aromatic carbocycles. The number of anilines is 1. The molecule has 15 heavy (non-hydrogen) atoms. The van der Waals surface area contributed by atoms with Crippen molar-refractivity contribution in [3.8, 4) is 0 Å². The molecule has 2 heterocycles. The van der Waals surface area contributed by atoms with Crippen LogP contribution in [0.1, 0.15) is 16.0 Å². The quantitative estimate of drug-likeness (QED) is 0.740.